The zero-order valence-electron chi connectivity index (χ0n) is 15.9. The van der Waals surface area contributed by atoms with Crippen LogP contribution in [0.4, 0.5) is 11.5 Å². The second kappa shape index (κ2) is 9.28. The van der Waals surface area contributed by atoms with Crippen molar-refractivity contribution in [3.63, 3.8) is 0 Å². The molecule has 11 nitrogen and oxygen atoms in total. The fraction of sp³-hybridized carbons (Fsp3) is 0.562. The van der Waals surface area contributed by atoms with Gasteiger partial charge in [0.1, 0.15) is 5.52 Å². The Balaban J connectivity index is 0.000000409. The van der Waals surface area contributed by atoms with E-state index in [9.17, 15) is 23.1 Å². The molecule has 2 aromatic rings. The van der Waals surface area contributed by atoms with Crippen LogP contribution in [0.1, 0.15) is 19.3 Å². The van der Waals surface area contributed by atoms with E-state index in [4.69, 9.17) is 0 Å². The molecule has 0 unspecified atom stereocenters. The molecule has 28 heavy (non-hydrogen) atoms. The van der Waals surface area contributed by atoms with E-state index in [0.717, 1.165) is 18.1 Å². The molecule has 0 radical (unpaired) electrons. The summed E-state index contributed by atoms with van der Waals surface area (Å²) in [5.74, 6) is 0.361. The highest BCUT2D eigenvalue weighted by Crippen LogP contribution is 2.28. The first-order valence-corrected chi connectivity index (χ1v) is 10.2. The molecule has 0 amide bonds. The summed E-state index contributed by atoms with van der Waals surface area (Å²) in [7, 11) is -1.34. The average Bonchev–Trinajstić information content (AvgIpc) is 3.00. The highest BCUT2D eigenvalue weighted by Gasteiger charge is 2.26. The van der Waals surface area contributed by atoms with Gasteiger partial charge in [0.25, 0.3) is 0 Å². The molecule has 1 aliphatic rings. The van der Waals surface area contributed by atoms with Crippen molar-refractivity contribution in [1.82, 2.24) is 9.61 Å². The first-order chi connectivity index (χ1) is 13.2. The van der Waals surface area contributed by atoms with Crippen LogP contribution in [-0.2, 0) is 14.6 Å². The Hall–Kier alpha value is -2.28. The van der Waals surface area contributed by atoms with Crippen molar-refractivity contribution in [1.29, 1.82) is 0 Å². The minimum Gasteiger partial charge on any atom is -0.726 e. The van der Waals surface area contributed by atoms with Crippen molar-refractivity contribution in [2.45, 2.75) is 19.3 Å². The number of nitro groups is 1. The lowest BCUT2D eigenvalue weighted by molar-refractivity contribution is -0.912. The summed E-state index contributed by atoms with van der Waals surface area (Å²) in [6.45, 7) is 4.04. The largest absolute Gasteiger partial charge is 0.726 e. The molecule has 1 aliphatic heterocycles. The van der Waals surface area contributed by atoms with Gasteiger partial charge in [0.15, 0.2) is 0 Å². The number of piperidine rings is 1. The molecule has 1 fully saturated rings. The molecule has 0 spiro atoms. The number of nitrogens with one attached hydrogen (secondary N) is 1. The van der Waals surface area contributed by atoms with Crippen LogP contribution in [-0.4, -0.2) is 72.3 Å². The summed E-state index contributed by atoms with van der Waals surface area (Å²) in [6, 6.07) is 5.32. The molecule has 0 saturated carbocycles. The Morgan fingerprint density at radius 1 is 1.32 bits per heavy atom. The van der Waals surface area contributed by atoms with Gasteiger partial charge in [-0.05, 0) is 31.4 Å². The highest BCUT2D eigenvalue weighted by molar-refractivity contribution is 7.80. The number of quaternary nitrogens is 1. The number of pyridine rings is 1. The van der Waals surface area contributed by atoms with Crippen molar-refractivity contribution in [3.05, 3.63) is 34.5 Å². The molecule has 2 aromatic heterocycles. The normalized spacial score (nSPS) is 16.2. The highest BCUT2D eigenvalue weighted by atomic mass is 32.3. The number of rotatable bonds is 6. The summed E-state index contributed by atoms with van der Waals surface area (Å²) in [5, 5.41) is 18.8. The number of fused-ring (bicyclic) bond motifs is 1. The number of likely N-dealkylation sites (tertiary alicyclic amines) is 1. The maximum absolute atomic E-state index is 11.3. The van der Waals surface area contributed by atoms with Gasteiger partial charge in [-0.1, -0.05) is 6.07 Å². The number of hydrogen-bond acceptors (Lipinski definition) is 8. The van der Waals surface area contributed by atoms with Gasteiger partial charge in [0.2, 0.25) is 16.2 Å². The van der Waals surface area contributed by atoms with E-state index in [2.05, 4.69) is 21.6 Å². The van der Waals surface area contributed by atoms with Crippen molar-refractivity contribution < 1.29 is 26.6 Å². The number of hydrogen-bond donors (Lipinski definition) is 1. The monoisotopic (exact) mass is 415 g/mol. The number of likely N-dealkylation sites (N-methyl/N-ethyl adjacent to an activating group) is 1. The maximum Gasteiger partial charge on any atom is 0.338 e. The van der Waals surface area contributed by atoms with Gasteiger partial charge in [-0.2, -0.15) is 0 Å². The van der Waals surface area contributed by atoms with Crippen LogP contribution >= 0.6 is 0 Å². The van der Waals surface area contributed by atoms with Crippen molar-refractivity contribution in [3.8, 4) is 0 Å². The second-order valence-electron chi connectivity index (χ2n) is 6.84. The lowest BCUT2D eigenvalue weighted by Gasteiger charge is -2.37. The van der Waals surface area contributed by atoms with Gasteiger partial charge in [-0.25, -0.2) is 12.9 Å². The fourth-order valence-corrected chi connectivity index (χ4v) is 3.23. The van der Waals surface area contributed by atoms with E-state index >= 15 is 0 Å². The Kier molecular flexibility index (Phi) is 7.29. The Bertz CT molecular complexity index is 907. The molecule has 0 aromatic carbocycles. The molecular weight excluding hydrogens is 390 g/mol. The quantitative estimate of drug-likeness (QED) is 0.245. The lowest BCUT2D eigenvalue weighted by Crippen LogP contribution is -2.50. The van der Waals surface area contributed by atoms with Crippen molar-refractivity contribution in [2.75, 3.05) is 45.7 Å². The molecule has 1 N–H and O–H groups in total. The van der Waals surface area contributed by atoms with Crippen LogP contribution in [0.2, 0.25) is 0 Å². The van der Waals surface area contributed by atoms with Crippen molar-refractivity contribution >= 4 is 27.4 Å². The zero-order chi connectivity index (χ0) is 20.8. The molecular formula is C16H25N5O6S. The summed E-state index contributed by atoms with van der Waals surface area (Å²) in [5.41, 5.74) is 0.579. The third-order valence-electron chi connectivity index (χ3n) is 4.74. The molecule has 1 saturated heterocycles. The van der Waals surface area contributed by atoms with Crippen LogP contribution in [0.25, 0.3) is 5.52 Å². The summed E-state index contributed by atoms with van der Waals surface area (Å²) >= 11 is 0. The topological polar surface area (TPSA) is 139 Å². The van der Waals surface area contributed by atoms with E-state index < -0.39 is 10.4 Å². The first kappa shape index (κ1) is 22.0. The summed E-state index contributed by atoms with van der Waals surface area (Å²) < 4.78 is 33.6. The van der Waals surface area contributed by atoms with Crippen LogP contribution in [0.15, 0.2) is 24.4 Å². The molecule has 3 rings (SSSR count). The minimum absolute atomic E-state index is 0.0573. The molecule has 3 heterocycles. The smallest absolute Gasteiger partial charge is 0.338 e. The zero-order valence-corrected chi connectivity index (χ0v) is 16.7. The number of anilines is 1. The maximum atomic E-state index is 11.3. The molecule has 156 valence electrons. The van der Waals surface area contributed by atoms with E-state index in [-0.39, 0.29) is 10.6 Å². The molecule has 0 aliphatic carbocycles. The van der Waals surface area contributed by atoms with Crippen LogP contribution in [0.3, 0.4) is 0 Å². The third-order valence-corrected chi connectivity index (χ3v) is 5.15. The Morgan fingerprint density at radius 3 is 2.54 bits per heavy atom. The average molecular weight is 415 g/mol. The Morgan fingerprint density at radius 2 is 1.96 bits per heavy atom. The Labute approximate surface area is 163 Å². The summed E-state index contributed by atoms with van der Waals surface area (Å²) in [4.78, 5) is 11.0. The van der Waals surface area contributed by atoms with Gasteiger partial charge >= 0.3 is 5.69 Å². The molecule has 12 heteroatoms. The lowest BCUT2D eigenvalue weighted by atomic mass is 10.1. The van der Waals surface area contributed by atoms with Crippen LogP contribution in [0, 0.1) is 10.1 Å². The minimum atomic E-state index is -4.41. The first-order valence-electron chi connectivity index (χ1n) is 8.86. The predicted octanol–water partition coefficient (Wildman–Crippen LogP) is 1.38. The van der Waals surface area contributed by atoms with Gasteiger partial charge < -0.3 is 14.4 Å². The molecule has 0 bridgehead atoms. The van der Waals surface area contributed by atoms with Gasteiger partial charge in [-0.15, -0.1) is 5.10 Å². The standard InChI is InChI=1S/C15H22N5O2.CH4O4S/c1-20(10-5-2-6-11-20)12-8-16-15-14(19(21)22)13-7-3-4-9-18(13)17-15;1-5-6(2,3)4/h3-4,7,9H,2,5-6,8,10-12H2,1H3,(H,16,17);1H3,(H,2,3,4)/q+1;/p-1. The van der Waals surface area contributed by atoms with E-state index in [0.29, 0.717) is 17.9 Å². The third kappa shape index (κ3) is 6.12. The van der Waals surface area contributed by atoms with E-state index in [1.54, 1.807) is 22.8 Å². The summed E-state index contributed by atoms with van der Waals surface area (Å²) in [6.07, 6.45) is 5.58. The SMILES string of the molecule is COS(=O)(=O)[O-].C[N+]1(CCNc2nn3ccccc3c2[N+](=O)[O-])CCCCC1. The number of aromatic nitrogens is 2. The van der Waals surface area contributed by atoms with Crippen LogP contribution in [0.5, 0.6) is 0 Å². The van der Waals surface area contributed by atoms with Gasteiger partial charge in [-0.3, -0.25) is 14.3 Å². The van der Waals surface area contributed by atoms with Crippen LogP contribution < -0.4 is 5.32 Å². The van der Waals surface area contributed by atoms with E-state index in [1.807, 2.05) is 6.07 Å². The van der Waals surface area contributed by atoms with E-state index in [1.165, 1.54) is 32.4 Å². The predicted molar refractivity (Wildman–Crippen MR) is 102 cm³/mol. The van der Waals surface area contributed by atoms with Crippen molar-refractivity contribution in [2.24, 2.45) is 0 Å². The molecule has 0 atom stereocenters. The van der Waals surface area contributed by atoms with Gasteiger partial charge in [0, 0.05) is 6.20 Å². The fourth-order valence-electron chi connectivity index (χ4n) is 3.23. The second-order valence-corrected chi connectivity index (χ2v) is 7.99. The number of nitrogens with zero attached hydrogens (tertiary/aromatic N) is 4. The van der Waals surface area contributed by atoms with Gasteiger partial charge in [0.05, 0.1) is 45.3 Å².